The van der Waals surface area contributed by atoms with Gasteiger partial charge in [-0.1, -0.05) is 6.07 Å². The number of carbonyl (C=O) groups is 1. The van der Waals surface area contributed by atoms with E-state index in [-0.39, 0.29) is 12.9 Å². The molecule has 1 atom stereocenters. The molecule has 1 aromatic carbocycles. The normalized spacial score (nSPS) is 24.7. The lowest BCUT2D eigenvalue weighted by molar-refractivity contribution is 0.0781. The number of benzene rings is 1. The van der Waals surface area contributed by atoms with Crippen molar-refractivity contribution < 1.29 is 19.0 Å². The van der Waals surface area contributed by atoms with Gasteiger partial charge < -0.3 is 19.9 Å². The second-order valence-corrected chi connectivity index (χ2v) is 5.07. The van der Waals surface area contributed by atoms with Crippen molar-refractivity contribution in [3.63, 3.8) is 0 Å². The fourth-order valence-electron chi connectivity index (χ4n) is 2.26. The first-order chi connectivity index (χ1) is 9.09. The van der Waals surface area contributed by atoms with Gasteiger partial charge in [-0.15, -0.1) is 0 Å². The Morgan fingerprint density at radius 2 is 2.16 bits per heavy atom. The molecule has 0 aliphatic carbocycles. The fraction of sp³-hybridized carbons (Fsp3) is 0.462. The van der Waals surface area contributed by atoms with Gasteiger partial charge in [0, 0.05) is 13.1 Å². The van der Waals surface area contributed by atoms with Crippen molar-refractivity contribution in [1.29, 1.82) is 0 Å². The van der Waals surface area contributed by atoms with E-state index in [1.165, 1.54) is 0 Å². The Hall–Kier alpha value is -1.95. The van der Waals surface area contributed by atoms with Gasteiger partial charge in [0.25, 0.3) is 0 Å². The Morgan fingerprint density at radius 1 is 1.37 bits per heavy atom. The summed E-state index contributed by atoms with van der Waals surface area (Å²) in [7, 11) is 0. The van der Waals surface area contributed by atoms with E-state index >= 15 is 0 Å². The summed E-state index contributed by atoms with van der Waals surface area (Å²) < 4.78 is 15.8. The molecule has 1 amide bonds. The molecule has 102 valence electrons. The van der Waals surface area contributed by atoms with Gasteiger partial charge in [-0.3, -0.25) is 4.90 Å². The van der Waals surface area contributed by atoms with Gasteiger partial charge >= 0.3 is 6.09 Å². The van der Waals surface area contributed by atoms with E-state index in [9.17, 15) is 4.79 Å². The maximum Gasteiger partial charge on any atom is 0.410 e. The van der Waals surface area contributed by atoms with Crippen LogP contribution in [0.4, 0.5) is 4.79 Å². The number of ether oxygens (including phenoxy) is 3. The van der Waals surface area contributed by atoms with E-state index in [4.69, 9.17) is 19.9 Å². The van der Waals surface area contributed by atoms with Gasteiger partial charge in [0.1, 0.15) is 5.60 Å². The largest absolute Gasteiger partial charge is 0.454 e. The Morgan fingerprint density at radius 3 is 2.89 bits per heavy atom. The van der Waals surface area contributed by atoms with Gasteiger partial charge in [-0.25, -0.2) is 4.79 Å². The first kappa shape index (κ1) is 12.1. The monoisotopic (exact) mass is 264 g/mol. The molecule has 6 nitrogen and oxygen atoms in total. The highest BCUT2D eigenvalue weighted by atomic mass is 16.7. The van der Waals surface area contributed by atoms with E-state index in [0.29, 0.717) is 25.4 Å². The zero-order valence-corrected chi connectivity index (χ0v) is 10.7. The maximum absolute atomic E-state index is 11.8. The summed E-state index contributed by atoms with van der Waals surface area (Å²) >= 11 is 0. The highest BCUT2D eigenvalue weighted by Crippen LogP contribution is 2.33. The molecule has 0 aromatic heterocycles. The molecular weight excluding hydrogens is 248 g/mol. The molecule has 2 aliphatic heterocycles. The Kier molecular flexibility index (Phi) is 2.74. The number of fused-ring (bicyclic) bond motifs is 1. The molecule has 1 saturated heterocycles. The average Bonchev–Trinajstić information content (AvgIpc) is 2.95. The van der Waals surface area contributed by atoms with E-state index in [1.54, 1.807) is 4.90 Å². The molecule has 2 aliphatic rings. The summed E-state index contributed by atoms with van der Waals surface area (Å²) in [5.41, 5.74) is 6.00. The highest BCUT2D eigenvalue weighted by Gasteiger charge is 2.40. The number of nitrogens with zero attached hydrogens (tertiary/aromatic N) is 1. The predicted octanol–water partition coefficient (Wildman–Crippen LogP) is 1.08. The molecule has 0 radical (unpaired) electrons. The lowest BCUT2D eigenvalue weighted by Crippen LogP contribution is -2.38. The molecule has 19 heavy (non-hydrogen) atoms. The number of nitrogens with two attached hydrogens (primary N) is 1. The van der Waals surface area contributed by atoms with Crippen LogP contribution in [0.1, 0.15) is 12.5 Å². The second-order valence-electron chi connectivity index (χ2n) is 5.07. The smallest absolute Gasteiger partial charge is 0.410 e. The Labute approximate surface area is 111 Å². The van der Waals surface area contributed by atoms with Gasteiger partial charge in [-0.2, -0.15) is 0 Å². The number of rotatable bonds is 3. The van der Waals surface area contributed by atoms with Crippen LogP contribution in [0.2, 0.25) is 0 Å². The summed E-state index contributed by atoms with van der Waals surface area (Å²) in [6, 6.07) is 5.65. The van der Waals surface area contributed by atoms with Crippen LogP contribution in [0.3, 0.4) is 0 Å². The quantitative estimate of drug-likeness (QED) is 0.884. The molecule has 0 saturated carbocycles. The summed E-state index contributed by atoms with van der Waals surface area (Å²) in [4.78, 5) is 13.4. The third-order valence-corrected chi connectivity index (χ3v) is 3.36. The molecule has 3 rings (SSSR count). The minimum Gasteiger partial charge on any atom is -0.454 e. The second kappa shape index (κ2) is 4.31. The minimum absolute atomic E-state index is 0.246. The van der Waals surface area contributed by atoms with Crippen LogP contribution in [0, 0.1) is 0 Å². The van der Waals surface area contributed by atoms with Crippen LogP contribution < -0.4 is 15.2 Å². The molecule has 1 fully saturated rings. The standard InChI is InChI=1S/C13H16N2O4/c1-13(6-14)7-15(12(16)19-13)5-9-2-3-10-11(4-9)18-8-17-10/h2-4H,5-8,14H2,1H3. The van der Waals surface area contributed by atoms with Crippen LogP contribution in [0.5, 0.6) is 11.5 Å². The van der Waals surface area contributed by atoms with Crippen LogP contribution in [0.25, 0.3) is 0 Å². The average molecular weight is 264 g/mol. The molecule has 1 aromatic rings. The number of carbonyl (C=O) groups excluding carboxylic acids is 1. The zero-order valence-electron chi connectivity index (χ0n) is 10.7. The van der Waals surface area contributed by atoms with Crippen molar-refractivity contribution in [3.8, 4) is 11.5 Å². The SMILES string of the molecule is CC1(CN)CN(Cc2ccc3c(c2)OCO3)C(=O)O1. The van der Waals surface area contributed by atoms with Crippen molar-refractivity contribution in [1.82, 2.24) is 4.90 Å². The van der Waals surface area contributed by atoms with Crippen molar-refractivity contribution in [2.45, 2.75) is 19.1 Å². The maximum atomic E-state index is 11.8. The Bertz CT molecular complexity index is 519. The summed E-state index contributed by atoms with van der Waals surface area (Å²) in [6.45, 7) is 3.37. The Balaban J connectivity index is 1.74. The predicted molar refractivity (Wildman–Crippen MR) is 66.9 cm³/mol. The van der Waals surface area contributed by atoms with E-state index in [2.05, 4.69) is 0 Å². The summed E-state index contributed by atoms with van der Waals surface area (Å²) in [5.74, 6) is 1.45. The summed E-state index contributed by atoms with van der Waals surface area (Å²) in [6.07, 6.45) is -0.328. The van der Waals surface area contributed by atoms with Crippen LogP contribution >= 0.6 is 0 Å². The number of hydrogen-bond acceptors (Lipinski definition) is 5. The van der Waals surface area contributed by atoms with E-state index < -0.39 is 5.60 Å². The van der Waals surface area contributed by atoms with Crippen molar-refractivity contribution in [2.24, 2.45) is 5.73 Å². The lowest BCUT2D eigenvalue weighted by atomic mass is 10.1. The molecule has 2 heterocycles. The van der Waals surface area contributed by atoms with Crippen LogP contribution in [-0.4, -0.2) is 36.5 Å². The van der Waals surface area contributed by atoms with Crippen LogP contribution in [0.15, 0.2) is 18.2 Å². The number of cyclic esters (lactones) is 1. The van der Waals surface area contributed by atoms with E-state index in [1.807, 2.05) is 25.1 Å². The van der Waals surface area contributed by atoms with Crippen LogP contribution in [-0.2, 0) is 11.3 Å². The lowest BCUT2D eigenvalue weighted by Gasteiger charge is -2.19. The third kappa shape index (κ3) is 2.19. The zero-order chi connectivity index (χ0) is 13.5. The fourth-order valence-corrected chi connectivity index (χ4v) is 2.26. The molecule has 0 spiro atoms. The minimum atomic E-state index is -0.590. The number of hydrogen-bond donors (Lipinski definition) is 1. The molecule has 1 unspecified atom stereocenters. The van der Waals surface area contributed by atoms with Gasteiger partial charge in [0.2, 0.25) is 6.79 Å². The van der Waals surface area contributed by atoms with E-state index in [0.717, 1.165) is 11.3 Å². The van der Waals surface area contributed by atoms with Gasteiger partial charge in [0.05, 0.1) is 6.54 Å². The topological polar surface area (TPSA) is 74.0 Å². The van der Waals surface area contributed by atoms with Crippen molar-refractivity contribution in [2.75, 3.05) is 19.9 Å². The first-order valence-corrected chi connectivity index (χ1v) is 6.16. The summed E-state index contributed by atoms with van der Waals surface area (Å²) in [5, 5.41) is 0. The van der Waals surface area contributed by atoms with Crippen molar-refractivity contribution >= 4 is 6.09 Å². The highest BCUT2D eigenvalue weighted by molar-refractivity contribution is 5.70. The number of amides is 1. The molecule has 0 bridgehead atoms. The third-order valence-electron chi connectivity index (χ3n) is 3.36. The molecule has 6 heteroatoms. The molecular formula is C13H16N2O4. The first-order valence-electron chi connectivity index (χ1n) is 6.16. The van der Waals surface area contributed by atoms with Gasteiger partial charge in [-0.05, 0) is 24.6 Å². The van der Waals surface area contributed by atoms with Crippen molar-refractivity contribution in [3.05, 3.63) is 23.8 Å². The van der Waals surface area contributed by atoms with Gasteiger partial charge in [0.15, 0.2) is 11.5 Å². The molecule has 2 N–H and O–H groups in total.